The number of anilines is 1. The number of halogens is 2. The second-order valence-corrected chi connectivity index (χ2v) is 10.9. The molecule has 0 aliphatic carbocycles. The largest absolute Gasteiger partial charge is 0.750 e. The Morgan fingerprint density at radius 3 is 2.75 bits per heavy atom. The van der Waals surface area contributed by atoms with Crippen molar-refractivity contribution in [3.8, 4) is 0 Å². The van der Waals surface area contributed by atoms with Gasteiger partial charge < -0.3 is 13.6 Å². The van der Waals surface area contributed by atoms with Crippen LogP contribution in [0.25, 0.3) is 16.3 Å². The molecule has 0 saturated heterocycles. The van der Waals surface area contributed by atoms with Crippen LogP contribution in [0.15, 0.2) is 46.3 Å². The molecular formula is C22H22Cl2N2O3S3. The average molecular weight is 530 g/mol. The summed E-state index contributed by atoms with van der Waals surface area (Å²) in [6.07, 6.45) is 4.96. The summed E-state index contributed by atoms with van der Waals surface area (Å²) in [5.74, 6) is 0. The van der Waals surface area contributed by atoms with Crippen LogP contribution in [0.5, 0.6) is 0 Å². The first-order valence-corrected chi connectivity index (χ1v) is 13.7. The van der Waals surface area contributed by atoms with Crippen molar-refractivity contribution < 1.29 is 17.5 Å². The van der Waals surface area contributed by atoms with E-state index in [2.05, 4.69) is 28.5 Å². The number of aromatic nitrogens is 1. The van der Waals surface area contributed by atoms with E-state index in [4.69, 9.17) is 27.4 Å². The maximum absolute atomic E-state index is 10.7. The number of rotatable bonds is 9. The predicted molar refractivity (Wildman–Crippen MR) is 134 cm³/mol. The van der Waals surface area contributed by atoms with Gasteiger partial charge in [-0.25, -0.2) is 4.21 Å². The van der Waals surface area contributed by atoms with Crippen molar-refractivity contribution >= 4 is 79.6 Å². The molecule has 0 radical (unpaired) electrons. The number of hydrogen-bond acceptors (Lipinski definition) is 6. The van der Waals surface area contributed by atoms with E-state index in [-0.39, 0.29) is 6.61 Å². The molecule has 0 N–H and O–H groups in total. The van der Waals surface area contributed by atoms with Crippen LogP contribution in [0.1, 0.15) is 31.2 Å². The van der Waals surface area contributed by atoms with Crippen LogP contribution in [0.3, 0.4) is 0 Å². The lowest BCUT2D eigenvalue weighted by molar-refractivity contribution is -0.669. The maximum atomic E-state index is 10.7. The maximum Gasteiger partial charge on any atom is 0.265 e. The summed E-state index contributed by atoms with van der Waals surface area (Å²) in [7, 11) is 0. The van der Waals surface area contributed by atoms with Crippen molar-refractivity contribution in [3.63, 3.8) is 0 Å². The number of fused-ring (bicyclic) bond motifs is 2. The molecule has 2 heterocycles. The highest BCUT2D eigenvalue weighted by molar-refractivity contribution is 8.03. The van der Waals surface area contributed by atoms with Gasteiger partial charge in [0.15, 0.2) is 6.54 Å². The zero-order chi connectivity index (χ0) is 22.7. The molecule has 1 aromatic heterocycles. The Morgan fingerprint density at radius 2 is 1.97 bits per heavy atom. The minimum Gasteiger partial charge on any atom is -0.750 e. The monoisotopic (exact) mass is 528 g/mol. The molecule has 1 atom stereocenters. The van der Waals surface area contributed by atoms with Crippen LogP contribution in [0, 0.1) is 0 Å². The van der Waals surface area contributed by atoms with Gasteiger partial charge in [-0.1, -0.05) is 59.6 Å². The van der Waals surface area contributed by atoms with Gasteiger partial charge in [-0.2, -0.15) is 4.57 Å². The highest BCUT2D eigenvalue weighted by atomic mass is 35.5. The molecule has 0 bridgehead atoms. The second-order valence-electron chi connectivity index (χ2n) is 7.29. The van der Waals surface area contributed by atoms with E-state index in [0.29, 0.717) is 18.0 Å². The van der Waals surface area contributed by atoms with Gasteiger partial charge in [0, 0.05) is 34.0 Å². The van der Waals surface area contributed by atoms with Crippen LogP contribution in [0.4, 0.5) is 5.69 Å². The summed E-state index contributed by atoms with van der Waals surface area (Å²) in [5, 5.41) is 3.63. The molecule has 1 aliphatic heterocycles. The Labute approximate surface area is 208 Å². The Morgan fingerprint density at radius 1 is 1.19 bits per heavy atom. The lowest BCUT2D eigenvalue weighted by Gasteiger charge is -2.20. The van der Waals surface area contributed by atoms with Crippen molar-refractivity contribution in [1.29, 1.82) is 0 Å². The van der Waals surface area contributed by atoms with Gasteiger partial charge in [-0.05, 0) is 36.8 Å². The molecule has 2 aromatic carbocycles. The third kappa shape index (κ3) is 5.50. The molecule has 1 aliphatic rings. The molecule has 0 amide bonds. The number of aryl methyl sites for hydroxylation is 1. The number of thioether (sulfide) groups is 1. The predicted octanol–water partition coefficient (Wildman–Crippen LogP) is 6.41. The van der Waals surface area contributed by atoms with E-state index in [1.807, 2.05) is 30.3 Å². The first-order chi connectivity index (χ1) is 15.5. The first kappa shape index (κ1) is 24.0. The third-order valence-corrected chi connectivity index (χ3v) is 8.13. The van der Waals surface area contributed by atoms with Crippen LogP contribution in [-0.2, 0) is 22.1 Å². The first-order valence-electron chi connectivity index (χ1n) is 10.3. The van der Waals surface area contributed by atoms with Gasteiger partial charge in [0.25, 0.3) is 5.01 Å². The molecule has 0 saturated carbocycles. The molecule has 5 nitrogen and oxygen atoms in total. The molecule has 0 fully saturated rings. The van der Waals surface area contributed by atoms with Gasteiger partial charge in [0.1, 0.15) is 4.70 Å². The van der Waals surface area contributed by atoms with Crippen molar-refractivity contribution in [2.45, 2.75) is 37.6 Å². The van der Waals surface area contributed by atoms with Crippen molar-refractivity contribution in [2.75, 3.05) is 18.1 Å². The summed E-state index contributed by atoms with van der Waals surface area (Å²) in [6.45, 7) is 3.86. The van der Waals surface area contributed by atoms with E-state index in [1.54, 1.807) is 23.1 Å². The Bertz CT molecular complexity index is 1180. The quantitative estimate of drug-likeness (QED) is 0.182. The lowest BCUT2D eigenvalue weighted by Crippen LogP contribution is -2.36. The fraction of sp³-hybridized carbons (Fsp3) is 0.318. The van der Waals surface area contributed by atoms with Crippen LogP contribution in [0.2, 0.25) is 10.0 Å². The zero-order valence-electron chi connectivity index (χ0n) is 17.4. The van der Waals surface area contributed by atoms with Gasteiger partial charge >= 0.3 is 0 Å². The van der Waals surface area contributed by atoms with Crippen molar-refractivity contribution in [2.24, 2.45) is 0 Å². The normalized spacial score (nSPS) is 15.6. The molecule has 10 heteroatoms. The Kier molecular flexibility index (Phi) is 8.15. The molecular weight excluding hydrogens is 507 g/mol. The van der Waals surface area contributed by atoms with Gasteiger partial charge in [0.05, 0.1) is 34.8 Å². The smallest absolute Gasteiger partial charge is 0.265 e. The van der Waals surface area contributed by atoms with E-state index >= 15 is 0 Å². The summed E-state index contributed by atoms with van der Waals surface area (Å²) in [5.41, 5.74) is 2.17. The second kappa shape index (κ2) is 10.9. The Balaban J connectivity index is 1.71. The van der Waals surface area contributed by atoms with E-state index in [0.717, 1.165) is 50.3 Å². The van der Waals surface area contributed by atoms with Crippen LogP contribution >= 0.6 is 46.3 Å². The minimum atomic E-state index is -2.50. The van der Waals surface area contributed by atoms with E-state index in [1.165, 1.54) is 4.90 Å². The number of benzene rings is 2. The molecule has 4 rings (SSSR count). The highest BCUT2D eigenvalue weighted by Gasteiger charge is 2.28. The summed E-state index contributed by atoms with van der Waals surface area (Å²) >= 11 is 13.5. The standard InChI is InChI=1S/C22H22Cl2N2O3S3/c1-2-3-9-25-17-12-15(23)5-7-19(17)30-21(25)14-22-26(10-4-11-29-32(27)28)18-13-16(24)6-8-20(18)31-22/h5-8,12-14H,2-4,9-11H2,1H3. The topological polar surface area (TPSA) is 56.5 Å². The van der Waals surface area contributed by atoms with Gasteiger partial charge in [-0.3, -0.25) is 0 Å². The Hall–Kier alpha value is -1.13. The number of nitrogens with zero attached hydrogens (tertiary/aromatic N) is 2. The average Bonchev–Trinajstić information content (AvgIpc) is 3.26. The molecule has 0 spiro atoms. The lowest BCUT2D eigenvalue weighted by atomic mass is 10.2. The summed E-state index contributed by atoms with van der Waals surface area (Å²) in [4.78, 5) is 3.53. The zero-order valence-corrected chi connectivity index (χ0v) is 21.3. The van der Waals surface area contributed by atoms with Crippen LogP contribution < -0.4 is 9.47 Å². The molecule has 32 heavy (non-hydrogen) atoms. The highest BCUT2D eigenvalue weighted by Crippen LogP contribution is 2.48. The van der Waals surface area contributed by atoms with Gasteiger partial charge in [0.2, 0.25) is 5.52 Å². The SMILES string of the molecule is CCCCN1C(=Cc2sc3ccc(Cl)cc3[n+]2CCCOS(=O)[O-])Sc2ccc(Cl)cc21. The number of unbranched alkanes of at least 4 members (excludes halogenated alkanes) is 1. The fourth-order valence-electron chi connectivity index (χ4n) is 3.60. The summed E-state index contributed by atoms with van der Waals surface area (Å²) in [6, 6.07) is 11.9. The molecule has 3 aromatic rings. The van der Waals surface area contributed by atoms with Crippen molar-refractivity contribution in [1.82, 2.24) is 0 Å². The van der Waals surface area contributed by atoms with E-state index < -0.39 is 11.4 Å². The fourth-order valence-corrected chi connectivity index (χ4v) is 6.47. The number of thiazole rings is 1. The van der Waals surface area contributed by atoms with Gasteiger partial charge in [-0.15, -0.1) is 0 Å². The minimum absolute atomic E-state index is 0.137. The molecule has 1 unspecified atom stereocenters. The number of hydrogen-bond donors (Lipinski definition) is 0. The van der Waals surface area contributed by atoms with Crippen molar-refractivity contribution in [3.05, 3.63) is 56.5 Å². The van der Waals surface area contributed by atoms with E-state index in [9.17, 15) is 8.76 Å². The summed E-state index contributed by atoms with van der Waals surface area (Å²) < 4.78 is 29.4. The molecule has 170 valence electrons. The van der Waals surface area contributed by atoms with Crippen LogP contribution in [-0.4, -0.2) is 21.9 Å². The third-order valence-electron chi connectivity index (χ3n) is 5.07.